The maximum atomic E-state index is 11.8. The minimum Gasteiger partial charge on any atom is -0.484 e. The van der Waals surface area contributed by atoms with Crippen LogP contribution in [0.3, 0.4) is 0 Å². The molecule has 2 unspecified atom stereocenters. The van der Waals surface area contributed by atoms with Crippen molar-refractivity contribution in [3.05, 3.63) is 65.2 Å². The quantitative estimate of drug-likeness (QED) is 0.504. The number of carbonyl (C=O) groups is 2. The molecule has 1 amide bonds. The second kappa shape index (κ2) is 10.3. The third-order valence-electron chi connectivity index (χ3n) is 5.49. The van der Waals surface area contributed by atoms with Crippen LogP contribution in [0.25, 0.3) is 0 Å². The van der Waals surface area contributed by atoms with Gasteiger partial charge in [0.2, 0.25) is 5.91 Å². The van der Waals surface area contributed by atoms with Crippen LogP contribution in [0.4, 0.5) is 0 Å². The van der Waals surface area contributed by atoms with Crippen molar-refractivity contribution in [3.63, 3.8) is 0 Å². The summed E-state index contributed by atoms with van der Waals surface area (Å²) in [5.74, 6) is -0.457. The second-order valence-electron chi connectivity index (χ2n) is 7.76. The van der Waals surface area contributed by atoms with E-state index in [1.807, 2.05) is 24.3 Å². The Kier molecular flexibility index (Phi) is 7.46. The Bertz CT molecular complexity index is 847. The van der Waals surface area contributed by atoms with Crippen LogP contribution in [0.1, 0.15) is 79.1 Å². The second-order valence-corrected chi connectivity index (χ2v) is 7.76. The van der Waals surface area contributed by atoms with E-state index in [1.54, 1.807) is 12.1 Å². The lowest BCUT2D eigenvalue weighted by Gasteiger charge is -2.26. The van der Waals surface area contributed by atoms with Crippen LogP contribution in [0.2, 0.25) is 0 Å². The zero-order valence-electron chi connectivity index (χ0n) is 17.2. The average molecular weight is 411 g/mol. The highest BCUT2D eigenvalue weighted by Gasteiger charge is 2.31. The zero-order valence-corrected chi connectivity index (χ0v) is 17.2. The lowest BCUT2D eigenvalue weighted by Crippen LogP contribution is -2.34. The molecule has 0 saturated carbocycles. The number of unbranched alkanes of at least 4 members (excludes halogenated alkanes) is 2. The van der Waals surface area contributed by atoms with E-state index < -0.39 is 18.2 Å². The summed E-state index contributed by atoms with van der Waals surface area (Å²) in [7, 11) is 0. The van der Waals surface area contributed by atoms with Gasteiger partial charge in [0.05, 0.1) is 17.7 Å². The van der Waals surface area contributed by atoms with Crippen LogP contribution in [-0.4, -0.2) is 28.1 Å². The van der Waals surface area contributed by atoms with E-state index in [-0.39, 0.29) is 17.5 Å². The maximum Gasteiger partial charge on any atom is 0.335 e. The summed E-state index contributed by atoms with van der Waals surface area (Å²) in [6.07, 6.45) is 4.18. The molecule has 1 fully saturated rings. The number of hydrogen-bond donors (Lipinski definition) is 3. The van der Waals surface area contributed by atoms with Crippen molar-refractivity contribution < 1.29 is 24.5 Å². The van der Waals surface area contributed by atoms with Crippen LogP contribution < -0.4 is 10.1 Å². The molecule has 2 aromatic rings. The molecule has 3 atom stereocenters. The Labute approximate surface area is 176 Å². The zero-order chi connectivity index (χ0) is 21.5. The van der Waals surface area contributed by atoms with Crippen molar-refractivity contribution >= 4 is 11.9 Å². The SMILES string of the molecule is CCCCCC(O)c1ccc([C@@H](Oc2ccc(C(=O)O)cc2)C2CCC(=O)N2)cc1. The van der Waals surface area contributed by atoms with Crippen molar-refractivity contribution in [2.75, 3.05) is 0 Å². The molecule has 1 heterocycles. The Morgan fingerprint density at radius 3 is 2.33 bits per heavy atom. The van der Waals surface area contributed by atoms with Gasteiger partial charge in [-0.15, -0.1) is 0 Å². The summed E-state index contributed by atoms with van der Waals surface area (Å²) in [5, 5.41) is 22.4. The number of rotatable bonds is 10. The Morgan fingerprint density at radius 1 is 1.10 bits per heavy atom. The summed E-state index contributed by atoms with van der Waals surface area (Å²) < 4.78 is 6.18. The molecule has 0 radical (unpaired) electrons. The fourth-order valence-electron chi connectivity index (χ4n) is 3.73. The first-order valence-electron chi connectivity index (χ1n) is 10.5. The van der Waals surface area contributed by atoms with Gasteiger partial charge in [0.15, 0.2) is 0 Å². The van der Waals surface area contributed by atoms with Crippen LogP contribution in [0.15, 0.2) is 48.5 Å². The molecule has 1 aliphatic rings. The monoisotopic (exact) mass is 411 g/mol. The number of carboxylic acid groups (broad SMARTS) is 1. The van der Waals surface area contributed by atoms with E-state index in [0.29, 0.717) is 18.6 Å². The summed E-state index contributed by atoms with van der Waals surface area (Å²) in [6, 6.07) is 13.8. The van der Waals surface area contributed by atoms with Crippen molar-refractivity contribution in [2.45, 2.75) is 63.7 Å². The minimum absolute atomic E-state index is 0.00204. The van der Waals surface area contributed by atoms with Crippen molar-refractivity contribution in [3.8, 4) is 5.75 Å². The average Bonchev–Trinajstić information content (AvgIpc) is 3.18. The first-order chi connectivity index (χ1) is 14.5. The number of carboxylic acids is 1. The predicted molar refractivity (Wildman–Crippen MR) is 113 cm³/mol. The van der Waals surface area contributed by atoms with Gasteiger partial charge in [-0.2, -0.15) is 0 Å². The Hall–Kier alpha value is -2.86. The highest BCUT2D eigenvalue weighted by Crippen LogP contribution is 2.31. The van der Waals surface area contributed by atoms with Gasteiger partial charge < -0.3 is 20.3 Å². The van der Waals surface area contributed by atoms with E-state index in [9.17, 15) is 14.7 Å². The molecule has 3 N–H and O–H groups in total. The lowest BCUT2D eigenvalue weighted by atomic mass is 9.97. The van der Waals surface area contributed by atoms with Crippen LogP contribution in [0.5, 0.6) is 5.75 Å². The van der Waals surface area contributed by atoms with E-state index in [4.69, 9.17) is 9.84 Å². The van der Waals surface area contributed by atoms with Gasteiger partial charge in [-0.05, 0) is 48.2 Å². The first kappa shape index (κ1) is 21.8. The molecule has 6 nitrogen and oxygen atoms in total. The number of ether oxygens (including phenoxy) is 1. The fourth-order valence-corrected chi connectivity index (χ4v) is 3.73. The summed E-state index contributed by atoms with van der Waals surface area (Å²) in [6.45, 7) is 2.14. The van der Waals surface area contributed by atoms with Gasteiger partial charge in [-0.1, -0.05) is 50.5 Å². The van der Waals surface area contributed by atoms with E-state index in [2.05, 4.69) is 12.2 Å². The number of aromatic carboxylic acids is 1. The standard InChI is InChI=1S/C24H29NO5/c1-2-3-4-5-21(26)16-6-8-17(9-7-16)23(20-14-15-22(27)25-20)30-19-12-10-18(11-13-19)24(28)29/h6-13,20-21,23,26H,2-5,14-15H2,1H3,(H,25,27)(H,28,29)/t20?,21?,23-/m1/s1. The fraction of sp³-hybridized carbons (Fsp3) is 0.417. The third kappa shape index (κ3) is 5.60. The number of aliphatic hydroxyl groups is 1. The molecule has 0 bridgehead atoms. The van der Waals surface area contributed by atoms with Gasteiger partial charge >= 0.3 is 5.97 Å². The van der Waals surface area contributed by atoms with Crippen LogP contribution in [0, 0.1) is 0 Å². The first-order valence-corrected chi connectivity index (χ1v) is 10.5. The molecular weight excluding hydrogens is 382 g/mol. The smallest absolute Gasteiger partial charge is 0.335 e. The number of carbonyl (C=O) groups excluding carboxylic acids is 1. The molecule has 6 heteroatoms. The lowest BCUT2D eigenvalue weighted by molar-refractivity contribution is -0.119. The number of amides is 1. The van der Waals surface area contributed by atoms with Crippen molar-refractivity contribution in [1.29, 1.82) is 0 Å². The Balaban J connectivity index is 1.76. The molecule has 160 valence electrons. The largest absolute Gasteiger partial charge is 0.484 e. The number of benzene rings is 2. The predicted octanol–water partition coefficient (Wildman–Crippen LogP) is 4.40. The Morgan fingerprint density at radius 2 is 1.77 bits per heavy atom. The molecule has 30 heavy (non-hydrogen) atoms. The molecule has 1 saturated heterocycles. The van der Waals surface area contributed by atoms with Crippen molar-refractivity contribution in [1.82, 2.24) is 5.32 Å². The topological polar surface area (TPSA) is 95.9 Å². The molecule has 0 aliphatic carbocycles. The molecular formula is C24H29NO5. The van der Waals surface area contributed by atoms with Gasteiger partial charge in [0.1, 0.15) is 11.9 Å². The van der Waals surface area contributed by atoms with Crippen LogP contribution in [-0.2, 0) is 4.79 Å². The maximum absolute atomic E-state index is 11.8. The molecule has 3 rings (SSSR count). The number of hydrogen-bond acceptors (Lipinski definition) is 4. The highest BCUT2D eigenvalue weighted by atomic mass is 16.5. The van der Waals surface area contributed by atoms with Gasteiger partial charge in [-0.25, -0.2) is 4.79 Å². The van der Waals surface area contributed by atoms with E-state index >= 15 is 0 Å². The normalized spacial score (nSPS) is 17.9. The van der Waals surface area contributed by atoms with Gasteiger partial charge in [0, 0.05) is 6.42 Å². The van der Waals surface area contributed by atoms with E-state index in [1.165, 1.54) is 12.1 Å². The van der Waals surface area contributed by atoms with Gasteiger partial charge in [0.25, 0.3) is 0 Å². The van der Waals surface area contributed by atoms with Crippen molar-refractivity contribution in [2.24, 2.45) is 0 Å². The summed E-state index contributed by atoms with van der Waals surface area (Å²) >= 11 is 0. The summed E-state index contributed by atoms with van der Waals surface area (Å²) in [5.41, 5.74) is 1.96. The van der Waals surface area contributed by atoms with Gasteiger partial charge in [-0.3, -0.25) is 4.79 Å². The number of nitrogens with one attached hydrogen (secondary N) is 1. The minimum atomic E-state index is -0.991. The van der Waals surface area contributed by atoms with E-state index in [0.717, 1.165) is 36.8 Å². The third-order valence-corrected chi connectivity index (χ3v) is 5.49. The molecule has 0 aromatic heterocycles. The molecule has 1 aliphatic heterocycles. The summed E-state index contributed by atoms with van der Waals surface area (Å²) in [4.78, 5) is 22.8. The van der Waals surface area contributed by atoms with Crippen LogP contribution >= 0.6 is 0 Å². The molecule has 0 spiro atoms. The molecule has 2 aromatic carbocycles. The highest BCUT2D eigenvalue weighted by molar-refractivity contribution is 5.87. The number of aliphatic hydroxyl groups excluding tert-OH is 1.